The van der Waals surface area contributed by atoms with Crippen molar-refractivity contribution in [1.82, 2.24) is 9.78 Å². The molecule has 0 spiro atoms. The fourth-order valence-corrected chi connectivity index (χ4v) is 3.14. The van der Waals surface area contributed by atoms with Crippen molar-refractivity contribution in [2.75, 3.05) is 11.9 Å². The Morgan fingerprint density at radius 1 is 1.17 bits per heavy atom. The molecule has 1 amide bonds. The zero-order chi connectivity index (χ0) is 21.1. The highest BCUT2D eigenvalue weighted by Gasteiger charge is 2.30. The minimum absolute atomic E-state index is 0.175. The lowest BCUT2D eigenvalue weighted by Gasteiger charge is -2.26. The molecule has 2 heterocycles. The van der Waals surface area contributed by atoms with E-state index in [2.05, 4.69) is 10.4 Å². The first-order chi connectivity index (χ1) is 14.4. The van der Waals surface area contributed by atoms with Crippen LogP contribution in [0.1, 0.15) is 11.1 Å². The summed E-state index contributed by atoms with van der Waals surface area (Å²) < 4.78 is 51.6. The second-order valence-electron chi connectivity index (χ2n) is 6.87. The number of alkyl halides is 3. The Balaban J connectivity index is 1.33. The van der Waals surface area contributed by atoms with Crippen LogP contribution < -0.4 is 14.8 Å². The van der Waals surface area contributed by atoms with Gasteiger partial charge in [0.15, 0.2) is 17.6 Å². The number of ether oxygens (including phenoxy) is 2. The Hall–Kier alpha value is -3.49. The van der Waals surface area contributed by atoms with E-state index in [0.29, 0.717) is 30.3 Å². The third kappa shape index (κ3) is 4.73. The van der Waals surface area contributed by atoms with Crippen LogP contribution in [0.4, 0.5) is 18.9 Å². The van der Waals surface area contributed by atoms with E-state index in [1.807, 2.05) is 24.3 Å². The number of carbonyl (C=O) groups excluding carboxylic acids is 1. The first-order valence-electron chi connectivity index (χ1n) is 9.24. The normalized spacial score (nSPS) is 15.6. The van der Waals surface area contributed by atoms with Gasteiger partial charge in [-0.15, -0.1) is 0 Å². The van der Waals surface area contributed by atoms with Crippen LogP contribution in [-0.2, 0) is 23.9 Å². The fourth-order valence-electron chi connectivity index (χ4n) is 3.14. The van der Waals surface area contributed by atoms with E-state index in [0.717, 1.165) is 12.1 Å². The minimum atomic E-state index is -4.45. The summed E-state index contributed by atoms with van der Waals surface area (Å²) >= 11 is 0. The number of benzene rings is 2. The van der Waals surface area contributed by atoms with Gasteiger partial charge < -0.3 is 14.8 Å². The molecule has 1 aliphatic rings. The average molecular weight is 417 g/mol. The molecule has 0 saturated carbocycles. The van der Waals surface area contributed by atoms with Gasteiger partial charge >= 0.3 is 6.18 Å². The lowest BCUT2D eigenvalue weighted by molar-refractivity contribution is -0.137. The van der Waals surface area contributed by atoms with Crippen LogP contribution in [0, 0.1) is 0 Å². The van der Waals surface area contributed by atoms with Gasteiger partial charge in [-0.3, -0.25) is 9.48 Å². The summed E-state index contributed by atoms with van der Waals surface area (Å²) in [7, 11) is 0. The third-order valence-corrected chi connectivity index (χ3v) is 4.49. The summed E-state index contributed by atoms with van der Waals surface area (Å²) in [4.78, 5) is 12.2. The number of anilines is 1. The Morgan fingerprint density at radius 2 is 1.97 bits per heavy atom. The quantitative estimate of drug-likeness (QED) is 0.684. The van der Waals surface area contributed by atoms with Crippen LogP contribution in [0.15, 0.2) is 60.9 Å². The first kappa shape index (κ1) is 19.8. The van der Waals surface area contributed by atoms with Crippen LogP contribution in [0.5, 0.6) is 11.5 Å². The molecule has 0 saturated heterocycles. The molecule has 2 aromatic carbocycles. The number of hydrogen-bond acceptors (Lipinski definition) is 4. The van der Waals surface area contributed by atoms with Crippen LogP contribution in [0.25, 0.3) is 0 Å². The van der Waals surface area contributed by atoms with Crippen LogP contribution in [0.3, 0.4) is 0 Å². The van der Waals surface area contributed by atoms with E-state index in [4.69, 9.17) is 9.47 Å². The molecule has 3 aromatic rings. The van der Waals surface area contributed by atoms with Crippen molar-refractivity contribution in [3.63, 3.8) is 0 Å². The van der Waals surface area contributed by atoms with Crippen molar-refractivity contribution >= 4 is 11.6 Å². The molecule has 0 radical (unpaired) electrons. The highest BCUT2D eigenvalue weighted by molar-refractivity contribution is 5.92. The zero-order valence-electron chi connectivity index (χ0n) is 15.7. The van der Waals surface area contributed by atoms with E-state index in [1.165, 1.54) is 18.3 Å². The number of para-hydroxylation sites is 2. The summed E-state index contributed by atoms with van der Waals surface area (Å²) in [5.74, 6) is 0.923. The highest BCUT2D eigenvalue weighted by Crippen LogP contribution is 2.31. The second-order valence-corrected chi connectivity index (χ2v) is 6.87. The Morgan fingerprint density at radius 3 is 2.77 bits per heavy atom. The van der Waals surface area contributed by atoms with E-state index in [-0.39, 0.29) is 18.1 Å². The van der Waals surface area contributed by atoms with Crippen molar-refractivity contribution < 1.29 is 27.4 Å². The highest BCUT2D eigenvalue weighted by atomic mass is 19.4. The molecule has 1 aromatic heterocycles. The van der Waals surface area contributed by atoms with E-state index in [9.17, 15) is 18.0 Å². The van der Waals surface area contributed by atoms with Gasteiger partial charge in [0, 0.05) is 6.20 Å². The predicted octanol–water partition coefficient (Wildman–Crippen LogP) is 3.92. The van der Waals surface area contributed by atoms with Gasteiger partial charge in [0.05, 0.1) is 30.4 Å². The number of nitrogens with one attached hydrogen (secondary N) is 1. The largest absolute Gasteiger partial charge is 0.486 e. The maximum Gasteiger partial charge on any atom is 0.416 e. The summed E-state index contributed by atoms with van der Waals surface area (Å²) in [6.07, 6.45) is -1.76. The zero-order valence-corrected chi connectivity index (χ0v) is 15.7. The van der Waals surface area contributed by atoms with Gasteiger partial charge in [-0.25, -0.2) is 0 Å². The molecule has 156 valence electrons. The molecule has 4 rings (SSSR count). The molecule has 1 unspecified atom stereocenters. The molecule has 0 bridgehead atoms. The maximum atomic E-state index is 12.8. The summed E-state index contributed by atoms with van der Waals surface area (Å²) in [6.45, 7) is 0.784. The molecular weight excluding hydrogens is 399 g/mol. The van der Waals surface area contributed by atoms with Gasteiger partial charge in [0.1, 0.15) is 6.61 Å². The number of rotatable bonds is 5. The molecule has 1 atom stereocenters. The molecule has 1 N–H and O–H groups in total. The molecular formula is C21H18F3N3O3. The van der Waals surface area contributed by atoms with Crippen LogP contribution >= 0.6 is 0 Å². The molecule has 30 heavy (non-hydrogen) atoms. The first-order valence-corrected chi connectivity index (χ1v) is 9.24. The standard InChI is InChI=1S/C21H18F3N3O3/c22-21(23,24)15-5-3-4-14(8-15)9-20(28)26-16-10-25-27(11-16)12-17-13-29-18-6-1-2-7-19(18)30-17/h1-8,10-11,17H,9,12-13H2,(H,26,28). The average Bonchev–Trinajstić information content (AvgIpc) is 3.14. The Bertz CT molecular complexity index is 1050. The number of amides is 1. The van der Waals surface area contributed by atoms with Crippen molar-refractivity contribution in [2.45, 2.75) is 25.2 Å². The monoisotopic (exact) mass is 417 g/mol. The number of carbonyl (C=O) groups is 1. The van der Waals surface area contributed by atoms with Crippen molar-refractivity contribution in [3.05, 3.63) is 72.1 Å². The number of aromatic nitrogens is 2. The van der Waals surface area contributed by atoms with Gasteiger partial charge in [0.25, 0.3) is 0 Å². The summed E-state index contributed by atoms with van der Waals surface area (Å²) in [6, 6.07) is 12.1. The van der Waals surface area contributed by atoms with E-state index >= 15 is 0 Å². The fraction of sp³-hybridized carbons (Fsp3) is 0.238. The third-order valence-electron chi connectivity index (χ3n) is 4.49. The molecule has 6 nitrogen and oxygen atoms in total. The molecule has 0 aliphatic carbocycles. The van der Waals surface area contributed by atoms with Crippen molar-refractivity contribution in [3.8, 4) is 11.5 Å². The number of halogens is 3. The van der Waals surface area contributed by atoms with Crippen molar-refractivity contribution in [1.29, 1.82) is 0 Å². The SMILES string of the molecule is O=C(Cc1cccc(C(F)(F)F)c1)Nc1cnn(CC2COc3ccccc3O2)c1. The Kier molecular flexibility index (Phi) is 5.35. The molecule has 9 heteroatoms. The van der Waals surface area contributed by atoms with Gasteiger partial charge in [-0.1, -0.05) is 30.3 Å². The molecule has 0 fully saturated rings. The summed E-state index contributed by atoms with van der Waals surface area (Å²) in [5.41, 5.74) is -0.0536. The lowest BCUT2D eigenvalue weighted by atomic mass is 10.1. The van der Waals surface area contributed by atoms with Crippen molar-refractivity contribution in [2.24, 2.45) is 0 Å². The van der Waals surface area contributed by atoms with E-state index in [1.54, 1.807) is 10.9 Å². The van der Waals surface area contributed by atoms with Gasteiger partial charge in [-0.05, 0) is 23.8 Å². The van der Waals surface area contributed by atoms with Crippen LogP contribution in [0.2, 0.25) is 0 Å². The topological polar surface area (TPSA) is 65.4 Å². The minimum Gasteiger partial charge on any atom is -0.486 e. The predicted molar refractivity (Wildman–Crippen MR) is 102 cm³/mol. The van der Waals surface area contributed by atoms with Crippen LogP contribution in [-0.4, -0.2) is 28.4 Å². The summed E-state index contributed by atoms with van der Waals surface area (Å²) in [5, 5.41) is 6.84. The maximum absolute atomic E-state index is 12.8. The number of hydrogen-bond donors (Lipinski definition) is 1. The number of fused-ring (bicyclic) bond motifs is 1. The Labute approximate surface area is 170 Å². The van der Waals surface area contributed by atoms with E-state index < -0.39 is 17.6 Å². The second kappa shape index (κ2) is 8.10. The lowest BCUT2D eigenvalue weighted by Crippen LogP contribution is -2.33. The van der Waals surface area contributed by atoms with Gasteiger partial charge in [-0.2, -0.15) is 18.3 Å². The van der Waals surface area contributed by atoms with Gasteiger partial charge in [0.2, 0.25) is 5.91 Å². The number of nitrogens with zero attached hydrogens (tertiary/aromatic N) is 2. The molecule has 1 aliphatic heterocycles. The smallest absolute Gasteiger partial charge is 0.416 e.